The molecule has 0 bridgehead atoms. The molecule has 0 unspecified atom stereocenters. The summed E-state index contributed by atoms with van der Waals surface area (Å²) in [4.78, 5) is 0. The summed E-state index contributed by atoms with van der Waals surface area (Å²) < 4.78 is 0. The summed E-state index contributed by atoms with van der Waals surface area (Å²) in [7, 11) is 0. The monoisotopic (exact) mass is 206 g/mol. The van der Waals surface area contributed by atoms with Crippen LogP contribution in [0.4, 0.5) is 0 Å². The lowest BCUT2D eigenvalue weighted by Gasteiger charge is -2.23. The summed E-state index contributed by atoms with van der Waals surface area (Å²) in [6.07, 6.45) is 5.34. The highest BCUT2D eigenvalue weighted by atomic mass is 16.3. The highest BCUT2D eigenvalue weighted by molar-refractivity contribution is 4.75. The fraction of sp³-hybridized carbons (Fsp3) is 0.800. The van der Waals surface area contributed by atoms with Gasteiger partial charge in [-0.1, -0.05) is 19.1 Å². The Balaban J connectivity index is 0. The van der Waals surface area contributed by atoms with Gasteiger partial charge in [0.1, 0.15) is 0 Å². The van der Waals surface area contributed by atoms with Gasteiger partial charge >= 0.3 is 0 Å². The average Bonchev–Trinajstić information content (AvgIpc) is 2.24. The van der Waals surface area contributed by atoms with Crippen molar-refractivity contribution in [3.63, 3.8) is 0 Å². The fourth-order valence-electron chi connectivity index (χ4n) is 0.536. The summed E-state index contributed by atoms with van der Waals surface area (Å²) in [5.41, 5.74) is -1.11. The third-order valence-electron chi connectivity index (χ3n) is 1.81. The molecule has 4 nitrogen and oxygen atoms in total. The van der Waals surface area contributed by atoms with Crippen LogP contribution in [-0.2, 0) is 0 Å². The summed E-state index contributed by atoms with van der Waals surface area (Å²) in [6, 6.07) is 0. The van der Waals surface area contributed by atoms with Crippen LogP contribution in [0, 0.1) is 5.41 Å². The van der Waals surface area contributed by atoms with Crippen LogP contribution >= 0.6 is 0 Å². The molecule has 0 rings (SSSR count). The quantitative estimate of drug-likeness (QED) is 0.474. The number of rotatable bonds is 5. The highest BCUT2D eigenvalue weighted by Crippen LogP contribution is 2.11. The molecule has 0 fully saturated rings. The van der Waals surface area contributed by atoms with E-state index < -0.39 is 31.8 Å². The van der Waals surface area contributed by atoms with E-state index in [9.17, 15) is 0 Å². The Kier molecular flexibility index (Phi) is 12.2. The van der Waals surface area contributed by atoms with Crippen LogP contribution in [0.5, 0.6) is 0 Å². The van der Waals surface area contributed by atoms with Gasteiger partial charge in [-0.2, -0.15) is 0 Å². The second-order valence-corrected chi connectivity index (χ2v) is 3.11. The fourth-order valence-corrected chi connectivity index (χ4v) is 0.536. The average molecular weight is 206 g/mol. The van der Waals surface area contributed by atoms with E-state index in [0.29, 0.717) is 0 Å². The zero-order valence-corrected chi connectivity index (χ0v) is 8.98. The molecule has 14 heavy (non-hydrogen) atoms. The SMILES string of the molecule is CC=CCC.OCC(CO)(CO)CO. The predicted octanol–water partition coefficient (Wildman–Crippen LogP) is -0.0855. The van der Waals surface area contributed by atoms with Crippen molar-refractivity contribution in [2.24, 2.45) is 5.41 Å². The minimum absolute atomic E-state index is 0.406. The first-order valence-electron chi connectivity index (χ1n) is 4.71. The number of aliphatic hydroxyl groups excluding tert-OH is 4. The van der Waals surface area contributed by atoms with Crippen LogP contribution in [0.1, 0.15) is 20.3 Å². The Morgan fingerprint density at radius 3 is 1.29 bits per heavy atom. The molecule has 0 aliphatic carbocycles. The van der Waals surface area contributed by atoms with E-state index in [4.69, 9.17) is 20.4 Å². The normalized spacial score (nSPS) is 11.3. The predicted molar refractivity (Wildman–Crippen MR) is 55.9 cm³/mol. The molecule has 0 heterocycles. The van der Waals surface area contributed by atoms with Gasteiger partial charge in [-0.25, -0.2) is 0 Å². The second kappa shape index (κ2) is 10.7. The standard InChI is InChI=1S/C5H12O4.C5H10/c6-1-5(2-7,3-8)4-9;1-3-5-4-2/h6-9H,1-4H2;3,5H,4H2,1-2H3. The number of hydrogen-bond donors (Lipinski definition) is 4. The Hall–Kier alpha value is -0.420. The van der Waals surface area contributed by atoms with Gasteiger partial charge in [-0.3, -0.25) is 0 Å². The van der Waals surface area contributed by atoms with E-state index in [1.807, 2.05) is 6.92 Å². The molecule has 0 saturated heterocycles. The van der Waals surface area contributed by atoms with Crippen molar-refractivity contribution in [3.05, 3.63) is 12.2 Å². The molecule has 0 aromatic heterocycles. The number of aliphatic hydroxyl groups is 4. The summed E-state index contributed by atoms with van der Waals surface area (Å²) >= 11 is 0. The van der Waals surface area contributed by atoms with Crippen molar-refractivity contribution >= 4 is 0 Å². The van der Waals surface area contributed by atoms with Crippen molar-refractivity contribution < 1.29 is 20.4 Å². The molecule has 86 valence electrons. The number of hydrogen-bond acceptors (Lipinski definition) is 4. The van der Waals surface area contributed by atoms with Crippen LogP contribution in [0.25, 0.3) is 0 Å². The van der Waals surface area contributed by atoms with E-state index in [0.717, 1.165) is 6.42 Å². The van der Waals surface area contributed by atoms with Crippen molar-refractivity contribution in [2.45, 2.75) is 20.3 Å². The van der Waals surface area contributed by atoms with Crippen LogP contribution in [0.15, 0.2) is 12.2 Å². The minimum atomic E-state index is -1.11. The van der Waals surface area contributed by atoms with E-state index in [1.54, 1.807) is 0 Å². The molecule has 4 N–H and O–H groups in total. The van der Waals surface area contributed by atoms with Crippen molar-refractivity contribution in [3.8, 4) is 0 Å². The van der Waals surface area contributed by atoms with Gasteiger partial charge in [0.2, 0.25) is 0 Å². The third-order valence-corrected chi connectivity index (χ3v) is 1.81. The summed E-state index contributed by atoms with van der Waals surface area (Å²) in [5.74, 6) is 0. The molecule has 0 aliphatic rings. The van der Waals surface area contributed by atoms with Gasteiger partial charge in [0.05, 0.1) is 31.8 Å². The molecule has 0 aromatic rings. The van der Waals surface area contributed by atoms with Gasteiger partial charge in [-0.15, -0.1) is 0 Å². The van der Waals surface area contributed by atoms with Gasteiger partial charge in [0, 0.05) is 0 Å². The molecule has 0 atom stereocenters. The first kappa shape index (κ1) is 16.0. The first-order chi connectivity index (χ1) is 6.66. The zero-order chi connectivity index (χ0) is 11.4. The van der Waals surface area contributed by atoms with Crippen LogP contribution in [-0.4, -0.2) is 46.9 Å². The van der Waals surface area contributed by atoms with Gasteiger partial charge in [-0.05, 0) is 13.3 Å². The Bertz CT molecular complexity index is 113. The van der Waals surface area contributed by atoms with Crippen molar-refractivity contribution in [1.82, 2.24) is 0 Å². The Morgan fingerprint density at radius 2 is 1.29 bits per heavy atom. The van der Waals surface area contributed by atoms with Crippen molar-refractivity contribution in [2.75, 3.05) is 26.4 Å². The van der Waals surface area contributed by atoms with Crippen LogP contribution in [0.3, 0.4) is 0 Å². The van der Waals surface area contributed by atoms with Crippen LogP contribution in [0.2, 0.25) is 0 Å². The molecule has 4 heteroatoms. The maximum Gasteiger partial charge on any atom is 0.0627 e. The summed E-state index contributed by atoms with van der Waals surface area (Å²) in [6.45, 7) is 2.53. The molecule has 0 aliphatic heterocycles. The lowest BCUT2D eigenvalue weighted by atomic mass is 9.93. The third kappa shape index (κ3) is 7.03. The molecule has 0 aromatic carbocycles. The van der Waals surface area contributed by atoms with Crippen LogP contribution < -0.4 is 0 Å². The van der Waals surface area contributed by atoms with Crippen molar-refractivity contribution in [1.29, 1.82) is 0 Å². The minimum Gasteiger partial charge on any atom is -0.396 e. The van der Waals surface area contributed by atoms with E-state index in [-0.39, 0.29) is 0 Å². The van der Waals surface area contributed by atoms with E-state index in [2.05, 4.69) is 19.1 Å². The topological polar surface area (TPSA) is 80.9 Å². The lowest BCUT2D eigenvalue weighted by Crippen LogP contribution is -2.37. The zero-order valence-electron chi connectivity index (χ0n) is 8.98. The molecule has 0 spiro atoms. The lowest BCUT2D eigenvalue weighted by molar-refractivity contribution is -0.0328. The molecule has 0 amide bonds. The van der Waals surface area contributed by atoms with Gasteiger partial charge < -0.3 is 20.4 Å². The maximum absolute atomic E-state index is 8.50. The first-order valence-corrected chi connectivity index (χ1v) is 4.71. The molecular weight excluding hydrogens is 184 g/mol. The smallest absolute Gasteiger partial charge is 0.0627 e. The largest absolute Gasteiger partial charge is 0.396 e. The van der Waals surface area contributed by atoms with Gasteiger partial charge in [0.25, 0.3) is 0 Å². The Morgan fingerprint density at radius 1 is 0.929 bits per heavy atom. The molecule has 0 radical (unpaired) electrons. The summed E-state index contributed by atoms with van der Waals surface area (Å²) in [5, 5.41) is 34.0. The maximum atomic E-state index is 8.50. The Labute approximate surface area is 85.5 Å². The molecule has 0 saturated carbocycles. The highest BCUT2D eigenvalue weighted by Gasteiger charge is 2.26. The second-order valence-electron chi connectivity index (χ2n) is 3.11. The number of allylic oxidation sites excluding steroid dienone is 2. The molecular formula is C10H22O4. The van der Waals surface area contributed by atoms with Gasteiger partial charge in [0.15, 0.2) is 0 Å². The van der Waals surface area contributed by atoms with E-state index in [1.165, 1.54) is 0 Å². The van der Waals surface area contributed by atoms with E-state index >= 15 is 0 Å².